The summed E-state index contributed by atoms with van der Waals surface area (Å²) in [6.45, 7) is 0.135. The van der Waals surface area contributed by atoms with Gasteiger partial charge in [0.2, 0.25) is 0 Å². The normalized spacial score (nSPS) is 10.8. The molecule has 0 saturated carbocycles. The fourth-order valence-electron chi connectivity index (χ4n) is 2.89. The lowest BCUT2D eigenvalue weighted by Gasteiger charge is -2.02. The number of aliphatic hydroxyl groups excluding tert-OH is 1. The molecule has 4 rings (SSSR count). The molecule has 0 amide bonds. The largest absolute Gasteiger partial charge is 0.454 e. The Morgan fingerprint density at radius 2 is 1.81 bits per heavy atom. The standard InChI is InChI=1S/C21H15N3O2/c22-12-17-6-5-16(13-24-17)18-7-9-23-19-11-20(26-21(18)19)15-3-1-14(2-4-15)8-10-25/h1-7,9,11,13,25H,8,10H2. The zero-order chi connectivity index (χ0) is 17.9. The van der Waals surface area contributed by atoms with Crippen LogP contribution >= 0.6 is 0 Å². The van der Waals surface area contributed by atoms with Gasteiger partial charge in [-0.05, 0) is 30.2 Å². The number of nitrogens with zero attached hydrogens (tertiary/aromatic N) is 3. The van der Waals surface area contributed by atoms with E-state index in [0.29, 0.717) is 17.7 Å². The van der Waals surface area contributed by atoms with Crippen LogP contribution in [0.25, 0.3) is 33.6 Å². The fraction of sp³-hybridized carbons (Fsp3) is 0.0952. The SMILES string of the molecule is N#Cc1ccc(-c2ccnc3cc(-c4ccc(CCO)cc4)oc23)cn1. The maximum atomic E-state index is 9.02. The molecular weight excluding hydrogens is 326 g/mol. The van der Waals surface area contributed by atoms with Gasteiger partial charge in [-0.3, -0.25) is 4.98 Å². The molecular formula is C21H15N3O2. The molecule has 0 unspecified atom stereocenters. The van der Waals surface area contributed by atoms with E-state index < -0.39 is 0 Å². The highest BCUT2D eigenvalue weighted by atomic mass is 16.3. The van der Waals surface area contributed by atoms with Gasteiger partial charge in [0.1, 0.15) is 23.0 Å². The smallest absolute Gasteiger partial charge is 0.161 e. The second-order valence-corrected chi connectivity index (χ2v) is 5.90. The lowest BCUT2D eigenvalue weighted by Crippen LogP contribution is -1.89. The zero-order valence-electron chi connectivity index (χ0n) is 13.9. The van der Waals surface area contributed by atoms with Crippen molar-refractivity contribution in [3.63, 3.8) is 0 Å². The van der Waals surface area contributed by atoms with Gasteiger partial charge in [0.15, 0.2) is 5.58 Å². The molecule has 0 spiro atoms. The maximum Gasteiger partial charge on any atom is 0.161 e. The first kappa shape index (κ1) is 16.0. The van der Waals surface area contributed by atoms with Gasteiger partial charge in [0.05, 0.1) is 0 Å². The number of hydrogen-bond acceptors (Lipinski definition) is 5. The summed E-state index contributed by atoms with van der Waals surface area (Å²) >= 11 is 0. The first-order chi connectivity index (χ1) is 12.8. The van der Waals surface area contributed by atoms with Crippen molar-refractivity contribution < 1.29 is 9.52 Å². The summed E-state index contributed by atoms with van der Waals surface area (Å²) < 4.78 is 6.09. The van der Waals surface area contributed by atoms with Gasteiger partial charge >= 0.3 is 0 Å². The molecule has 0 aliphatic rings. The summed E-state index contributed by atoms with van der Waals surface area (Å²) in [6.07, 6.45) is 4.04. The van der Waals surface area contributed by atoms with Crippen molar-refractivity contribution >= 4 is 11.1 Å². The molecule has 126 valence electrons. The molecule has 0 atom stereocenters. The van der Waals surface area contributed by atoms with E-state index in [2.05, 4.69) is 9.97 Å². The minimum atomic E-state index is 0.135. The van der Waals surface area contributed by atoms with E-state index >= 15 is 0 Å². The number of pyridine rings is 2. The quantitative estimate of drug-likeness (QED) is 0.607. The third kappa shape index (κ3) is 2.94. The predicted octanol–water partition coefficient (Wildman–Crippen LogP) is 3.96. The summed E-state index contributed by atoms with van der Waals surface area (Å²) in [7, 11) is 0. The van der Waals surface area contributed by atoms with E-state index in [4.69, 9.17) is 14.8 Å². The average molecular weight is 341 g/mol. The van der Waals surface area contributed by atoms with Gasteiger partial charge in [-0.1, -0.05) is 24.3 Å². The van der Waals surface area contributed by atoms with Crippen molar-refractivity contribution in [1.82, 2.24) is 9.97 Å². The minimum Gasteiger partial charge on any atom is -0.454 e. The zero-order valence-corrected chi connectivity index (χ0v) is 13.9. The molecule has 26 heavy (non-hydrogen) atoms. The summed E-state index contributed by atoms with van der Waals surface area (Å²) in [6, 6.07) is 17.3. The van der Waals surface area contributed by atoms with E-state index in [1.165, 1.54) is 0 Å². The Morgan fingerprint density at radius 1 is 1.00 bits per heavy atom. The monoisotopic (exact) mass is 341 g/mol. The van der Waals surface area contributed by atoms with Crippen LogP contribution in [0.15, 0.2) is 65.3 Å². The highest BCUT2D eigenvalue weighted by Crippen LogP contribution is 2.33. The van der Waals surface area contributed by atoms with Crippen LogP contribution in [0.2, 0.25) is 0 Å². The topological polar surface area (TPSA) is 82.9 Å². The molecule has 0 aliphatic heterocycles. The number of benzene rings is 1. The maximum absolute atomic E-state index is 9.02. The summed E-state index contributed by atoms with van der Waals surface area (Å²) in [5, 5.41) is 17.9. The Morgan fingerprint density at radius 3 is 2.50 bits per heavy atom. The van der Waals surface area contributed by atoms with Crippen molar-refractivity contribution in [3.05, 3.63) is 72.2 Å². The molecule has 4 aromatic rings. The first-order valence-electron chi connectivity index (χ1n) is 8.24. The molecule has 0 saturated heterocycles. The molecule has 0 bridgehead atoms. The second kappa shape index (κ2) is 6.79. The van der Waals surface area contributed by atoms with Gasteiger partial charge < -0.3 is 9.52 Å². The van der Waals surface area contributed by atoms with E-state index in [1.54, 1.807) is 18.5 Å². The van der Waals surface area contributed by atoms with Gasteiger partial charge in [-0.15, -0.1) is 0 Å². The first-order valence-corrected chi connectivity index (χ1v) is 8.24. The number of aliphatic hydroxyl groups is 1. The lowest BCUT2D eigenvalue weighted by molar-refractivity contribution is 0.299. The van der Waals surface area contributed by atoms with Crippen molar-refractivity contribution in [3.8, 4) is 28.5 Å². The van der Waals surface area contributed by atoms with Crippen molar-refractivity contribution in [2.75, 3.05) is 6.61 Å². The number of fused-ring (bicyclic) bond motifs is 1. The average Bonchev–Trinajstić information content (AvgIpc) is 3.13. The Hall–Kier alpha value is -3.49. The predicted molar refractivity (Wildman–Crippen MR) is 98.2 cm³/mol. The molecule has 1 aromatic carbocycles. The summed E-state index contributed by atoms with van der Waals surface area (Å²) in [5.74, 6) is 0.733. The van der Waals surface area contributed by atoms with E-state index in [0.717, 1.165) is 33.5 Å². The Kier molecular flexibility index (Phi) is 4.18. The lowest BCUT2D eigenvalue weighted by atomic mass is 10.1. The van der Waals surface area contributed by atoms with Crippen molar-refractivity contribution in [1.29, 1.82) is 5.26 Å². The molecule has 1 N–H and O–H groups in total. The van der Waals surface area contributed by atoms with Gasteiger partial charge in [0, 0.05) is 41.8 Å². The molecule has 5 nitrogen and oxygen atoms in total. The van der Waals surface area contributed by atoms with Crippen LogP contribution in [0.1, 0.15) is 11.3 Å². The molecule has 0 fully saturated rings. The third-order valence-corrected chi connectivity index (χ3v) is 4.24. The number of furan rings is 1. The third-order valence-electron chi connectivity index (χ3n) is 4.24. The number of hydrogen-bond donors (Lipinski definition) is 1. The van der Waals surface area contributed by atoms with Crippen molar-refractivity contribution in [2.24, 2.45) is 0 Å². The van der Waals surface area contributed by atoms with E-state index in [9.17, 15) is 0 Å². The summed E-state index contributed by atoms with van der Waals surface area (Å²) in [4.78, 5) is 8.52. The Labute approximate surface area is 150 Å². The van der Waals surface area contributed by atoms with Crippen LogP contribution in [0.5, 0.6) is 0 Å². The molecule has 3 aromatic heterocycles. The van der Waals surface area contributed by atoms with Gasteiger partial charge in [-0.2, -0.15) is 5.26 Å². The minimum absolute atomic E-state index is 0.135. The molecule has 0 aliphatic carbocycles. The van der Waals surface area contributed by atoms with Crippen LogP contribution in [-0.4, -0.2) is 21.7 Å². The fourth-order valence-corrected chi connectivity index (χ4v) is 2.89. The highest BCUT2D eigenvalue weighted by molar-refractivity contribution is 5.92. The van der Waals surface area contributed by atoms with E-state index in [1.807, 2.05) is 48.5 Å². The molecule has 0 radical (unpaired) electrons. The number of nitriles is 1. The van der Waals surface area contributed by atoms with Gasteiger partial charge in [0.25, 0.3) is 0 Å². The second-order valence-electron chi connectivity index (χ2n) is 5.90. The van der Waals surface area contributed by atoms with Crippen molar-refractivity contribution in [2.45, 2.75) is 6.42 Å². The number of aromatic nitrogens is 2. The van der Waals surface area contributed by atoms with E-state index in [-0.39, 0.29) is 6.61 Å². The van der Waals surface area contributed by atoms with Crippen LogP contribution in [-0.2, 0) is 6.42 Å². The van der Waals surface area contributed by atoms with Gasteiger partial charge in [-0.25, -0.2) is 4.98 Å². The number of rotatable bonds is 4. The summed E-state index contributed by atoms with van der Waals surface area (Å²) in [5.41, 5.74) is 5.62. The highest BCUT2D eigenvalue weighted by Gasteiger charge is 2.12. The molecule has 5 heteroatoms. The van der Waals surface area contributed by atoms with Crippen LogP contribution in [0.3, 0.4) is 0 Å². The van der Waals surface area contributed by atoms with Crippen LogP contribution < -0.4 is 0 Å². The Bertz CT molecular complexity index is 1090. The van der Waals surface area contributed by atoms with Crippen LogP contribution in [0.4, 0.5) is 0 Å². The molecule has 3 heterocycles. The van der Waals surface area contributed by atoms with Crippen LogP contribution in [0, 0.1) is 11.3 Å². The Balaban J connectivity index is 1.76.